The molecule has 2 amide bonds. The Labute approximate surface area is 300 Å². The van der Waals surface area contributed by atoms with E-state index in [0.717, 1.165) is 64.7 Å². The van der Waals surface area contributed by atoms with Crippen LogP contribution >= 0.6 is 0 Å². The van der Waals surface area contributed by atoms with E-state index >= 15 is 0 Å². The number of allylic oxidation sites excluding steroid dienone is 4. The largest absolute Gasteiger partial charge is 0.356 e. The van der Waals surface area contributed by atoms with E-state index in [1.807, 2.05) is 0 Å². The zero-order valence-corrected chi connectivity index (χ0v) is 32.6. The SMILES string of the molecule is CCCCCCCCC=CCCCCCCCC(=O)NCCCN(C)CCCNC(=O)CCCCCCCC=CCCCCCCCC. The van der Waals surface area contributed by atoms with Gasteiger partial charge in [-0.25, -0.2) is 0 Å². The summed E-state index contributed by atoms with van der Waals surface area (Å²) in [6.07, 6.45) is 46.1. The third-order valence-corrected chi connectivity index (χ3v) is 9.41. The Kier molecular flexibility index (Phi) is 38.5. The minimum atomic E-state index is 0.198. The van der Waals surface area contributed by atoms with Gasteiger partial charge in [-0.2, -0.15) is 0 Å². The zero-order valence-electron chi connectivity index (χ0n) is 32.6. The number of unbranched alkanes of at least 4 members (excludes halogenated alkanes) is 22. The maximum Gasteiger partial charge on any atom is 0.219 e. The highest BCUT2D eigenvalue weighted by Gasteiger charge is 2.04. The van der Waals surface area contributed by atoms with Crippen molar-refractivity contribution >= 4 is 11.8 Å². The molecule has 0 fully saturated rings. The smallest absolute Gasteiger partial charge is 0.219 e. The van der Waals surface area contributed by atoms with Gasteiger partial charge in [0.25, 0.3) is 0 Å². The van der Waals surface area contributed by atoms with Crippen molar-refractivity contribution in [2.24, 2.45) is 0 Å². The van der Waals surface area contributed by atoms with Crippen LogP contribution in [0.15, 0.2) is 24.3 Å². The molecule has 0 aromatic rings. The molecule has 0 atom stereocenters. The molecular formula is C43H83N3O2. The maximum absolute atomic E-state index is 12.1. The molecule has 5 nitrogen and oxygen atoms in total. The topological polar surface area (TPSA) is 61.4 Å². The van der Waals surface area contributed by atoms with Crippen molar-refractivity contribution < 1.29 is 9.59 Å². The van der Waals surface area contributed by atoms with Gasteiger partial charge < -0.3 is 15.5 Å². The van der Waals surface area contributed by atoms with Crippen LogP contribution in [-0.4, -0.2) is 49.9 Å². The molecule has 282 valence electrons. The Hall–Kier alpha value is -1.62. The van der Waals surface area contributed by atoms with E-state index < -0.39 is 0 Å². The highest BCUT2D eigenvalue weighted by molar-refractivity contribution is 5.76. The van der Waals surface area contributed by atoms with Crippen LogP contribution < -0.4 is 10.6 Å². The summed E-state index contributed by atoms with van der Waals surface area (Å²) in [5, 5.41) is 6.18. The molecule has 0 radical (unpaired) electrons. The van der Waals surface area contributed by atoms with Crippen molar-refractivity contribution in [3.8, 4) is 0 Å². The lowest BCUT2D eigenvalue weighted by Crippen LogP contribution is -2.30. The van der Waals surface area contributed by atoms with Gasteiger partial charge in [-0.15, -0.1) is 0 Å². The number of nitrogens with one attached hydrogen (secondary N) is 2. The average Bonchev–Trinajstić information content (AvgIpc) is 3.08. The normalized spacial score (nSPS) is 11.8. The molecule has 48 heavy (non-hydrogen) atoms. The first kappa shape index (κ1) is 46.4. The highest BCUT2D eigenvalue weighted by Crippen LogP contribution is 2.11. The van der Waals surface area contributed by atoms with E-state index in [4.69, 9.17) is 0 Å². The van der Waals surface area contributed by atoms with Crippen molar-refractivity contribution in [3.63, 3.8) is 0 Å². The van der Waals surface area contributed by atoms with Gasteiger partial charge >= 0.3 is 0 Å². The molecule has 0 bridgehead atoms. The second-order valence-corrected chi connectivity index (χ2v) is 14.4. The first-order valence-electron chi connectivity index (χ1n) is 21.1. The number of rotatable bonds is 38. The minimum Gasteiger partial charge on any atom is -0.356 e. The van der Waals surface area contributed by atoms with Crippen molar-refractivity contribution in [2.75, 3.05) is 33.2 Å². The predicted octanol–water partition coefficient (Wildman–Crippen LogP) is 12.0. The second kappa shape index (κ2) is 39.8. The number of carbonyl (C=O) groups excluding carboxylic acids is 2. The molecule has 0 saturated carbocycles. The molecule has 0 rings (SSSR count). The summed E-state index contributed by atoms with van der Waals surface area (Å²) >= 11 is 0. The maximum atomic E-state index is 12.1. The fourth-order valence-electron chi connectivity index (χ4n) is 6.15. The molecule has 0 aliphatic carbocycles. The van der Waals surface area contributed by atoms with Gasteiger partial charge in [0.05, 0.1) is 0 Å². The summed E-state index contributed by atoms with van der Waals surface area (Å²) in [5.74, 6) is 0.397. The molecule has 0 saturated heterocycles. The van der Waals surface area contributed by atoms with Crippen LogP contribution in [0.1, 0.15) is 206 Å². The Morgan fingerprint density at radius 2 is 0.708 bits per heavy atom. The molecule has 0 heterocycles. The van der Waals surface area contributed by atoms with Crippen molar-refractivity contribution in [2.45, 2.75) is 206 Å². The van der Waals surface area contributed by atoms with E-state index in [2.05, 4.69) is 60.7 Å². The van der Waals surface area contributed by atoms with Gasteiger partial charge in [-0.3, -0.25) is 9.59 Å². The Bertz CT molecular complexity index is 676. The molecule has 0 spiro atoms. The van der Waals surface area contributed by atoms with E-state index in [-0.39, 0.29) is 11.8 Å². The lowest BCUT2D eigenvalue weighted by molar-refractivity contribution is -0.122. The van der Waals surface area contributed by atoms with Crippen LogP contribution in [0.2, 0.25) is 0 Å². The molecule has 0 aromatic heterocycles. The fraction of sp³-hybridized carbons (Fsp3) is 0.860. The van der Waals surface area contributed by atoms with Crippen molar-refractivity contribution in [3.05, 3.63) is 24.3 Å². The molecular weight excluding hydrogens is 590 g/mol. The van der Waals surface area contributed by atoms with Gasteiger partial charge in [-0.05, 0) is 97.2 Å². The Morgan fingerprint density at radius 3 is 1.04 bits per heavy atom. The number of carbonyl (C=O) groups is 2. The van der Waals surface area contributed by atoms with Crippen LogP contribution in [0.25, 0.3) is 0 Å². The Balaban J connectivity index is 3.41. The van der Waals surface area contributed by atoms with E-state index in [1.54, 1.807) is 0 Å². The van der Waals surface area contributed by atoms with Gasteiger partial charge in [0.1, 0.15) is 0 Å². The van der Waals surface area contributed by atoms with Gasteiger partial charge in [-0.1, -0.05) is 141 Å². The summed E-state index contributed by atoms with van der Waals surface area (Å²) < 4.78 is 0. The van der Waals surface area contributed by atoms with Gasteiger partial charge in [0.15, 0.2) is 0 Å². The van der Waals surface area contributed by atoms with Crippen LogP contribution in [0.4, 0.5) is 0 Å². The highest BCUT2D eigenvalue weighted by atomic mass is 16.2. The fourth-order valence-corrected chi connectivity index (χ4v) is 6.15. The average molecular weight is 674 g/mol. The van der Waals surface area contributed by atoms with E-state index in [9.17, 15) is 9.59 Å². The van der Waals surface area contributed by atoms with E-state index in [0.29, 0.717) is 12.8 Å². The molecule has 5 heteroatoms. The van der Waals surface area contributed by atoms with Crippen LogP contribution in [0, 0.1) is 0 Å². The van der Waals surface area contributed by atoms with Crippen LogP contribution in [-0.2, 0) is 9.59 Å². The van der Waals surface area contributed by atoms with Gasteiger partial charge in [0, 0.05) is 25.9 Å². The monoisotopic (exact) mass is 674 g/mol. The number of hydrogen-bond acceptors (Lipinski definition) is 3. The van der Waals surface area contributed by atoms with Crippen molar-refractivity contribution in [1.29, 1.82) is 0 Å². The molecule has 0 aliphatic rings. The third kappa shape index (κ3) is 38.8. The quantitative estimate of drug-likeness (QED) is 0.0506. The van der Waals surface area contributed by atoms with Crippen molar-refractivity contribution in [1.82, 2.24) is 15.5 Å². The summed E-state index contributed by atoms with van der Waals surface area (Å²) in [5.41, 5.74) is 0. The van der Waals surface area contributed by atoms with Crippen LogP contribution in [0.5, 0.6) is 0 Å². The lowest BCUT2D eigenvalue weighted by atomic mass is 10.1. The minimum absolute atomic E-state index is 0.198. The first-order chi connectivity index (χ1) is 23.6. The number of amides is 2. The standard InChI is InChI=1S/C43H83N3O2/c1-4-6-8-10-12-14-16-18-20-22-24-26-28-30-32-36-42(47)44-38-34-40-46(3)41-35-39-45-43(48)37-33-31-29-27-25-23-21-19-17-15-13-11-9-7-5-2/h18-21H,4-17,22-41H2,1-3H3,(H,44,47)(H,45,48). The third-order valence-electron chi connectivity index (χ3n) is 9.41. The molecule has 0 aliphatic heterocycles. The zero-order chi connectivity index (χ0) is 35.0. The molecule has 0 aromatic carbocycles. The summed E-state index contributed by atoms with van der Waals surface area (Å²) in [6.45, 7) is 7.99. The molecule has 0 unspecified atom stereocenters. The Morgan fingerprint density at radius 1 is 0.417 bits per heavy atom. The summed E-state index contributed by atoms with van der Waals surface area (Å²) in [4.78, 5) is 26.6. The van der Waals surface area contributed by atoms with Crippen LogP contribution in [0.3, 0.4) is 0 Å². The predicted molar refractivity (Wildman–Crippen MR) is 212 cm³/mol. The second-order valence-electron chi connectivity index (χ2n) is 14.4. The first-order valence-corrected chi connectivity index (χ1v) is 21.1. The summed E-state index contributed by atoms with van der Waals surface area (Å²) in [7, 11) is 2.13. The number of hydrogen-bond donors (Lipinski definition) is 2. The number of nitrogens with zero attached hydrogens (tertiary/aromatic N) is 1. The van der Waals surface area contributed by atoms with E-state index in [1.165, 1.54) is 141 Å². The lowest BCUT2D eigenvalue weighted by Gasteiger charge is -2.16. The molecule has 2 N–H and O–H groups in total. The van der Waals surface area contributed by atoms with Gasteiger partial charge in [0.2, 0.25) is 11.8 Å². The summed E-state index contributed by atoms with van der Waals surface area (Å²) in [6, 6.07) is 0.